The second-order valence-corrected chi connectivity index (χ2v) is 5.91. The Kier molecular flexibility index (Phi) is 4.17. The second kappa shape index (κ2) is 6.25. The van der Waals surface area contributed by atoms with Crippen molar-refractivity contribution in [2.75, 3.05) is 13.8 Å². The van der Waals surface area contributed by atoms with E-state index in [1.165, 1.54) is 30.1 Å². The third kappa shape index (κ3) is 3.00. The van der Waals surface area contributed by atoms with Crippen molar-refractivity contribution in [1.29, 1.82) is 0 Å². The Balaban J connectivity index is 1.86. The van der Waals surface area contributed by atoms with Gasteiger partial charge < -0.3 is 4.74 Å². The second-order valence-electron chi connectivity index (χ2n) is 4.91. The number of hydrogen-bond acceptors (Lipinski definition) is 6. The molecule has 0 radical (unpaired) electrons. The van der Waals surface area contributed by atoms with Gasteiger partial charge in [0.15, 0.2) is 4.80 Å². The predicted molar refractivity (Wildman–Crippen MR) is 82.7 cm³/mol. The summed E-state index contributed by atoms with van der Waals surface area (Å²) in [6.07, 6.45) is 1.22. The lowest BCUT2D eigenvalue weighted by molar-refractivity contribution is -0.133. The summed E-state index contributed by atoms with van der Waals surface area (Å²) in [4.78, 5) is 30.7. The largest absolute Gasteiger partial charge is 0.466 e. The summed E-state index contributed by atoms with van der Waals surface area (Å²) in [6.45, 7) is 1.73. The van der Waals surface area contributed by atoms with Crippen LogP contribution in [0.25, 0.3) is 6.08 Å². The van der Waals surface area contributed by atoms with E-state index in [0.717, 1.165) is 6.54 Å². The number of carbonyl (C=O) groups excluding carboxylic acids is 1. The molecule has 1 aliphatic rings. The molecule has 0 aliphatic carbocycles. The average molecular weight is 317 g/mol. The number of ether oxygens (including phenoxy) is 1. The topological polar surface area (TPSA) is 63.9 Å². The Labute approximate surface area is 130 Å². The zero-order valence-electron chi connectivity index (χ0n) is 12.1. The van der Waals surface area contributed by atoms with E-state index in [9.17, 15) is 9.59 Å². The van der Waals surface area contributed by atoms with Crippen LogP contribution in [-0.2, 0) is 22.7 Å². The molecule has 0 atom stereocenters. The van der Waals surface area contributed by atoms with E-state index in [0.29, 0.717) is 22.7 Å². The van der Waals surface area contributed by atoms with Crippen LogP contribution in [0.15, 0.2) is 40.1 Å². The molecule has 0 saturated carbocycles. The van der Waals surface area contributed by atoms with Crippen LogP contribution in [0, 0.1) is 0 Å². The van der Waals surface area contributed by atoms with Crippen molar-refractivity contribution in [1.82, 2.24) is 9.47 Å². The van der Waals surface area contributed by atoms with Gasteiger partial charge in [-0.1, -0.05) is 41.7 Å². The van der Waals surface area contributed by atoms with Gasteiger partial charge in [0.05, 0.1) is 20.4 Å². The molecule has 0 bridgehead atoms. The number of aromatic nitrogens is 1. The van der Waals surface area contributed by atoms with Gasteiger partial charge in [-0.2, -0.15) is 0 Å². The molecule has 1 aliphatic heterocycles. The first-order chi connectivity index (χ1) is 10.7. The van der Waals surface area contributed by atoms with Crippen molar-refractivity contribution in [3.05, 3.63) is 55.6 Å². The summed E-state index contributed by atoms with van der Waals surface area (Å²) in [5.74, 6) is -0.530. The fourth-order valence-corrected chi connectivity index (χ4v) is 3.19. The van der Waals surface area contributed by atoms with Gasteiger partial charge in [0.25, 0.3) is 5.56 Å². The highest BCUT2D eigenvalue weighted by atomic mass is 32.1. The highest BCUT2D eigenvalue weighted by molar-refractivity contribution is 7.07. The summed E-state index contributed by atoms with van der Waals surface area (Å²) in [5, 5.41) is 0. The molecule has 0 amide bonds. The first kappa shape index (κ1) is 14.7. The summed E-state index contributed by atoms with van der Waals surface area (Å²) < 4.78 is 6.51. The Morgan fingerprint density at radius 2 is 2.18 bits per heavy atom. The number of rotatable bonds is 3. The molecule has 3 rings (SSSR count). The Morgan fingerprint density at radius 1 is 1.41 bits per heavy atom. The van der Waals surface area contributed by atoms with E-state index in [1.807, 2.05) is 30.3 Å². The number of carbonyl (C=O) groups is 1. The van der Waals surface area contributed by atoms with Crippen molar-refractivity contribution >= 4 is 23.4 Å². The molecular weight excluding hydrogens is 302 g/mol. The summed E-state index contributed by atoms with van der Waals surface area (Å²) in [7, 11) is 1.29. The van der Waals surface area contributed by atoms with E-state index in [4.69, 9.17) is 0 Å². The van der Waals surface area contributed by atoms with Gasteiger partial charge in [0.2, 0.25) is 0 Å². The maximum atomic E-state index is 12.3. The van der Waals surface area contributed by atoms with Gasteiger partial charge in [0, 0.05) is 12.6 Å². The maximum absolute atomic E-state index is 12.3. The standard InChI is InChI=1S/C15H15N3O3S/c1-21-13(19)7-12-14(20)18-10-17(9-16-15(18)22-12)8-11-5-3-2-4-6-11/h2-7H,8-10H2,1H3. The highest BCUT2D eigenvalue weighted by Crippen LogP contribution is 2.06. The highest BCUT2D eigenvalue weighted by Gasteiger charge is 2.16. The molecule has 6 nitrogen and oxygen atoms in total. The lowest BCUT2D eigenvalue weighted by Crippen LogP contribution is -2.42. The van der Waals surface area contributed by atoms with Gasteiger partial charge in [-0.05, 0) is 5.56 Å². The summed E-state index contributed by atoms with van der Waals surface area (Å²) >= 11 is 1.21. The molecule has 2 heterocycles. The molecule has 1 aromatic heterocycles. The van der Waals surface area contributed by atoms with Crippen LogP contribution in [0.2, 0.25) is 0 Å². The fraction of sp³-hybridized carbons (Fsp3) is 0.267. The number of benzene rings is 1. The van der Waals surface area contributed by atoms with Crippen LogP contribution < -0.4 is 14.9 Å². The minimum atomic E-state index is -0.530. The van der Waals surface area contributed by atoms with Gasteiger partial charge in [-0.15, -0.1) is 0 Å². The van der Waals surface area contributed by atoms with Crippen molar-refractivity contribution in [2.24, 2.45) is 4.99 Å². The number of hydrogen-bond donors (Lipinski definition) is 0. The maximum Gasteiger partial charge on any atom is 0.332 e. The molecule has 7 heteroatoms. The van der Waals surface area contributed by atoms with Crippen molar-refractivity contribution < 1.29 is 9.53 Å². The molecule has 0 unspecified atom stereocenters. The number of fused-ring (bicyclic) bond motifs is 1. The van der Waals surface area contributed by atoms with Gasteiger partial charge in [-0.3, -0.25) is 14.3 Å². The molecule has 0 saturated heterocycles. The van der Waals surface area contributed by atoms with Crippen LogP contribution in [-0.4, -0.2) is 29.2 Å². The number of methoxy groups -OCH3 is 1. The lowest BCUT2D eigenvalue weighted by Gasteiger charge is -2.23. The zero-order valence-corrected chi connectivity index (χ0v) is 12.9. The average Bonchev–Trinajstić information content (AvgIpc) is 2.84. The number of nitrogens with zero attached hydrogens (tertiary/aromatic N) is 3. The van der Waals surface area contributed by atoms with E-state index < -0.39 is 5.97 Å². The number of esters is 1. The molecule has 114 valence electrons. The van der Waals surface area contributed by atoms with E-state index in [-0.39, 0.29) is 5.56 Å². The predicted octanol–water partition coefficient (Wildman–Crippen LogP) is -0.0863. The minimum absolute atomic E-state index is 0.202. The normalized spacial score (nSPS) is 15.2. The molecule has 0 spiro atoms. The van der Waals surface area contributed by atoms with Gasteiger partial charge in [0.1, 0.15) is 4.53 Å². The van der Waals surface area contributed by atoms with E-state index in [1.54, 1.807) is 4.57 Å². The fourth-order valence-electron chi connectivity index (χ4n) is 2.26. The zero-order chi connectivity index (χ0) is 15.5. The Morgan fingerprint density at radius 3 is 2.91 bits per heavy atom. The van der Waals surface area contributed by atoms with E-state index >= 15 is 0 Å². The van der Waals surface area contributed by atoms with Crippen LogP contribution >= 0.6 is 11.3 Å². The van der Waals surface area contributed by atoms with Crippen LogP contribution in [0.1, 0.15) is 5.56 Å². The summed E-state index contributed by atoms with van der Waals surface area (Å²) in [5.41, 5.74) is 0.970. The SMILES string of the molecule is COC(=O)C=c1sc2n(c1=O)CN(Cc1ccccc1)CN=2. The van der Waals surface area contributed by atoms with Gasteiger partial charge in [-0.25, -0.2) is 9.79 Å². The minimum Gasteiger partial charge on any atom is -0.466 e. The monoisotopic (exact) mass is 317 g/mol. The van der Waals surface area contributed by atoms with Crippen LogP contribution in [0.5, 0.6) is 0 Å². The third-order valence-electron chi connectivity index (χ3n) is 3.33. The lowest BCUT2D eigenvalue weighted by atomic mass is 10.2. The number of thiazole rings is 1. The summed E-state index contributed by atoms with van der Waals surface area (Å²) in [6, 6.07) is 10.0. The van der Waals surface area contributed by atoms with Crippen LogP contribution in [0.3, 0.4) is 0 Å². The third-order valence-corrected chi connectivity index (χ3v) is 4.38. The van der Waals surface area contributed by atoms with Gasteiger partial charge >= 0.3 is 5.97 Å². The first-order valence-corrected chi connectivity index (χ1v) is 7.59. The molecule has 22 heavy (non-hydrogen) atoms. The molecule has 0 N–H and O–H groups in total. The Bertz CT molecular complexity index is 854. The smallest absolute Gasteiger partial charge is 0.332 e. The first-order valence-electron chi connectivity index (χ1n) is 6.77. The Hall–Kier alpha value is -2.25. The van der Waals surface area contributed by atoms with Crippen molar-refractivity contribution in [3.8, 4) is 0 Å². The molecule has 0 fully saturated rings. The molecular formula is C15H15N3O3S. The molecule has 2 aromatic rings. The van der Waals surface area contributed by atoms with Crippen molar-refractivity contribution in [2.45, 2.75) is 13.2 Å². The molecule has 1 aromatic carbocycles. The quantitative estimate of drug-likeness (QED) is 0.743. The van der Waals surface area contributed by atoms with E-state index in [2.05, 4.69) is 14.6 Å². The van der Waals surface area contributed by atoms with Crippen molar-refractivity contribution in [3.63, 3.8) is 0 Å². The van der Waals surface area contributed by atoms with Crippen LogP contribution in [0.4, 0.5) is 0 Å².